The summed E-state index contributed by atoms with van der Waals surface area (Å²) in [5.74, 6) is -0.866. The van der Waals surface area contributed by atoms with E-state index in [1.165, 1.54) is 6.07 Å². The Balaban J connectivity index is 1.49. The average Bonchev–Trinajstić information content (AvgIpc) is 3.22. The second kappa shape index (κ2) is 9.65. The van der Waals surface area contributed by atoms with Crippen molar-refractivity contribution in [2.75, 3.05) is 0 Å². The van der Waals surface area contributed by atoms with Gasteiger partial charge in [0.1, 0.15) is 5.60 Å². The number of hydrogen-bond donors (Lipinski definition) is 2. The van der Waals surface area contributed by atoms with Crippen molar-refractivity contribution in [1.82, 2.24) is 10.3 Å². The normalized spacial score (nSPS) is 16.1. The van der Waals surface area contributed by atoms with E-state index in [0.29, 0.717) is 21.9 Å². The number of thiazole rings is 1. The van der Waals surface area contributed by atoms with Gasteiger partial charge in [-0.25, -0.2) is 9.87 Å². The van der Waals surface area contributed by atoms with Crippen molar-refractivity contribution in [3.05, 3.63) is 74.6 Å². The van der Waals surface area contributed by atoms with Gasteiger partial charge in [0.25, 0.3) is 0 Å². The largest absolute Gasteiger partial charge is 0.443 e. The van der Waals surface area contributed by atoms with Crippen LogP contribution in [0.15, 0.2) is 48.5 Å². The Labute approximate surface area is 203 Å². The van der Waals surface area contributed by atoms with Crippen molar-refractivity contribution < 1.29 is 28.1 Å². The standard InChI is InChI=1S/C24H22ClF3N2O3S/c1-14(15-6-8-17(9-7-15)23(33-32)10-3-11-23)21(31)29-13-19-20(16-4-2-5-18(25)12-16)30-22(34-19)24(26,27)28/h2,4-9,12,14,32H,3,10-11,13H2,1H3,(H,29,31). The van der Waals surface area contributed by atoms with Crippen LogP contribution < -0.4 is 5.32 Å². The molecule has 0 spiro atoms. The summed E-state index contributed by atoms with van der Waals surface area (Å²) in [5, 5.41) is 11.4. The van der Waals surface area contributed by atoms with E-state index < -0.39 is 22.7 Å². The Morgan fingerprint density at radius 1 is 1.26 bits per heavy atom. The van der Waals surface area contributed by atoms with Gasteiger partial charge >= 0.3 is 6.18 Å². The number of rotatable bonds is 7. The summed E-state index contributed by atoms with van der Waals surface area (Å²) in [6, 6.07) is 13.7. The minimum atomic E-state index is -4.59. The number of nitrogens with zero attached hydrogens (tertiary/aromatic N) is 1. The van der Waals surface area contributed by atoms with Crippen molar-refractivity contribution in [3.8, 4) is 11.3 Å². The second-order valence-corrected chi connectivity index (χ2v) is 9.82. The summed E-state index contributed by atoms with van der Waals surface area (Å²) < 4.78 is 39.9. The number of alkyl halides is 3. The lowest BCUT2D eigenvalue weighted by atomic mass is 9.75. The molecule has 1 aliphatic rings. The van der Waals surface area contributed by atoms with E-state index in [0.717, 1.165) is 30.4 Å². The highest BCUT2D eigenvalue weighted by Gasteiger charge is 2.41. The fourth-order valence-electron chi connectivity index (χ4n) is 3.93. The van der Waals surface area contributed by atoms with Gasteiger partial charge in [-0.2, -0.15) is 13.2 Å². The fraction of sp³-hybridized carbons (Fsp3) is 0.333. The first-order valence-electron chi connectivity index (χ1n) is 10.7. The molecule has 2 N–H and O–H groups in total. The number of hydrogen-bond acceptors (Lipinski definition) is 5. The zero-order valence-corrected chi connectivity index (χ0v) is 19.7. The van der Waals surface area contributed by atoms with E-state index in [-0.39, 0.29) is 23.0 Å². The smallest absolute Gasteiger partial charge is 0.351 e. The third-order valence-corrected chi connectivity index (χ3v) is 7.46. The quantitative estimate of drug-likeness (QED) is 0.272. The molecule has 0 saturated heterocycles. The lowest BCUT2D eigenvalue weighted by Gasteiger charge is -2.38. The summed E-state index contributed by atoms with van der Waals surface area (Å²) in [6.07, 6.45) is -2.18. The fourth-order valence-corrected chi connectivity index (χ4v) is 5.01. The highest BCUT2D eigenvalue weighted by atomic mass is 35.5. The van der Waals surface area contributed by atoms with Crippen LogP contribution in [-0.2, 0) is 28.0 Å². The van der Waals surface area contributed by atoms with Crippen LogP contribution in [0.5, 0.6) is 0 Å². The number of carbonyl (C=O) groups excluding carboxylic acids is 1. The number of nitrogens with one attached hydrogen (secondary N) is 1. The van der Waals surface area contributed by atoms with Crippen LogP contribution in [0, 0.1) is 0 Å². The minimum absolute atomic E-state index is 0.0989. The number of benzene rings is 2. The first-order valence-corrected chi connectivity index (χ1v) is 11.9. The Kier molecular flexibility index (Phi) is 7.00. The number of halogens is 4. The van der Waals surface area contributed by atoms with Gasteiger partial charge in [0, 0.05) is 10.6 Å². The number of amides is 1. The van der Waals surface area contributed by atoms with Crippen molar-refractivity contribution in [2.45, 2.75) is 50.4 Å². The predicted octanol–water partition coefficient (Wildman–Crippen LogP) is 6.77. The molecule has 1 fully saturated rings. The van der Waals surface area contributed by atoms with Crippen LogP contribution in [0.4, 0.5) is 13.2 Å². The molecule has 1 aromatic heterocycles. The third-order valence-electron chi connectivity index (χ3n) is 6.13. The first kappa shape index (κ1) is 24.7. The molecule has 1 saturated carbocycles. The van der Waals surface area contributed by atoms with Crippen LogP contribution in [-0.4, -0.2) is 16.1 Å². The topological polar surface area (TPSA) is 71.5 Å². The summed E-state index contributed by atoms with van der Waals surface area (Å²) in [7, 11) is 0. The third kappa shape index (κ3) is 4.98. The zero-order valence-electron chi connectivity index (χ0n) is 18.2. The Morgan fingerprint density at radius 2 is 1.97 bits per heavy atom. The maximum Gasteiger partial charge on any atom is 0.443 e. The summed E-state index contributed by atoms with van der Waals surface area (Å²) >= 11 is 6.51. The van der Waals surface area contributed by atoms with Gasteiger partial charge in [0.15, 0.2) is 5.01 Å². The molecule has 10 heteroatoms. The van der Waals surface area contributed by atoms with Crippen LogP contribution >= 0.6 is 22.9 Å². The molecule has 4 rings (SSSR count). The van der Waals surface area contributed by atoms with Crippen LogP contribution in [0.2, 0.25) is 5.02 Å². The van der Waals surface area contributed by atoms with Crippen LogP contribution in [0.3, 0.4) is 0 Å². The summed E-state index contributed by atoms with van der Waals surface area (Å²) in [6.45, 7) is 1.62. The number of carbonyl (C=O) groups is 1. The monoisotopic (exact) mass is 510 g/mol. The molecule has 180 valence electrons. The summed E-state index contributed by atoms with van der Waals surface area (Å²) in [5.41, 5.74) is 1.50. The van der Waals surface area contributed by atoms with Crippen molar-refractivity contribution in [1.29, 1.82) is 0 Å². The highest BCUT2D eigenvalue weighted by molar-refractivity contribution is 7.12. The molecule has 0 bridgehead atoms. The SMILES string of the molecule is CC(C(=O)NCc1sc(C(F)(F)F)nc1-c1cccc(Cl)c1)c1ccc(C2(OO)CCC2)cc1. The molecule has 1 heterocycles. The van der Waals surface area contributed by atoms with Crippen molar-refractivity contribution in [3.63, 3.8) is 0 Å². The Morgan fingerprint density at radius 3 is 2.53 bits per heavy atom. The maximum atomic E-state index is 13.3. The molecule has 3 aromatic rings. The van der Waals surface area contributed by atoms with Gasteiger partial charge in [0.2, 0.25) is 5.91 Å². The van der Waals surface area contributed by atoms with Gasteiger partial charge in [-0.3, -0.25) is 10.1 Å². The second-order valence-electron chi connectivity index (χ2n) is 8.30. The van der Waals surface area contributed by atoms with E-state index >= 15 is 0 Å². The lowest BCUT2D eigenvalue weighted by molar-refractivity contribution is -0.350. The van der Waals surface area contributed by atoms with Gasteiger partial charge in [0.05, 0.1) is 23.0 Å². The van der Waals surface area contributed by atoms with Crippen LogP contribution in [0.1, 0.15) is 53.1 Å². The first-order chi connectivity index (χ1) is 16.1. The molecule has 0 radical (unpaired) electrons. The average molecular weight is 511 g/mol. The Hall–Kier alpha value is -2.46. The number of aromatic nitrogens is 1. The molecule has 2 aromatic carbocycles. The van der Waals surface area contributed by atoms with Gasteiger partial charge in [-0.1, -0.05) is 48.0 Å². The minimum Gasteiger partial charge on any atom is -0.351 e. The van der Waals surface area contributed by atoms with E-state index in [4.69, 9.17) is 16.5 Å². The molecular formula is C24H22ClF3N2O3S. The van der Waals surface area contributed by atoms with E-state index in [1.54, 1.807) is 37.3 Å². The van der Waals surface area contributed by atoms with Crippen LogP contribution in [0.25, 0.3) is 11.3 Å². The van der Waals surface area contributed by atoms with E-state index in [9.17, 15) is 23.2 Å². The molecule has 1 atom stereocenters. The van der Waals surface area contributed by atoms with E-state index in [1.807, 2.05) is 12.1 Å². The summed E-state index contributed by atoms with van der Waals surface area (Å²) in [4.78, 5) is 21.6. The van der Waals surface area contributed by atoms with Crippen molar-refractivity contribution >= 4 is 28.8 Å². The lowest BCUT2D eigenvalue weighted by Crippen LogP contribution is -2.36. The zero-order chi connectivity index (χ0) is 24.5. The maximum absolute atomic E-state index is 13.3. The van der Waals surface area contributed by atoms with Crippen molar-refractivity contribution in [2.24, 2.45) is 0 Å². The van der Waals surface area contributed by atoms with E-state index in [2.05, 4.69) is 10.3 Å². The molecule has 0 aliphatic heterocycles. The van der Waals surface area contributed by atoms with Gasteiger partial charge < -0.3 is 5.32 Å². The molecule has 1 aliphatic carbocycles. The van der Waals surface area contributed by atoms with Gasteiger partial charge in [-0.05, 0) is 49.4 Å². The highest BCUT2D eigenvalue weighted by Crippen LogP contribution is 2.44. The molecule has 34 heavy (non-hydrogen) atoms. The molecule has 1 amide bonds. The molecule has 5 nitrogen and oxygen atoms in total. The molecule has 1 unspecified atom stereocenters. The Bertz CT molecular complexity index is 1170. The van der Waals surface area contributed by atoms with Gasteiger partial charge in [-0.15, -0.1) is 11.3 Å². The predicted molar refractivity (Wildman–Crippen MR) is 124 cm³/mol. The molecular weight excluding hydrogens is 489 g/mol.